The Morgan fingerprint density at radius 2 is 1.12 bits per heavy atom. The van der Waals surface area contributed by atoms with Crippen molar-refractivity contribution >= 4 is 5.57 Å². The van der Waals surface area contributed by atoms with Crippen molar-refractivity contribution in [2.24, 2.45) is 0 Å². The summed E-state index contributed by atoms with van der Waals surface area (Å²) in [5.74, 6) is 0.704. The molecule has 0 saturated heterocycles. The maximum atomic E-state index is 6.28. The molecule has 2 nitrogen and oxygen atoms in total. The van der Waals surface area contributed by atoms with Crippen LogP contribution in [0.1, 0.15) is 12.0 Å². The highest BCUT2D eigenvalue weighted by Gasteiger charge is 2.33. The topological polar surface area (TPSA) is 18.5 Å². The van der Waals surface area contributed by atoms with Crippen molar-refractivity contribution in [3.63, 3.8) is 0 Å². The molecule has 0 atom stereocenters. The molecule has 0 spiro atoms. The number of hydrogen-bond acceptors (Lipinski definition) is 2. The predicted octanol–water partition coefficient (Wildman–Crippen LogP) is 5.88. The zero-order valence-electron chi connectivity index (χ0n) is 14.4. The number of rotatable bonds is 5. The summed E-state index contributed by atoms with van der Waals surface area (Å²) >= 11 is 0. The van der Waals surface area contributed by atoms with Gasteiger partial charge in [0.05, 0.1) is 0 Å². The van der Waals surface area contributed by atoms with E-state index in [0.29, 0.717) is 6.42 Å². The fraction of sp³-hybridized carbons (Fsp3) is 0.0833. The van der Waals surface area contributed by atoms with Gasteiger partial charge in [-0.05, 0) is 35.4 Å². The van der Waals surface area contributed by atoms with Gasteiger partial charge in [-0.25, -0.2) is 0 Å². The third-order valence-corrected chi connectivity index (χ3v) is 4.30. The summed E-state index contributed by atoms with van der Waals surface area (Å²) in [5.41, 5.74) is 2.37. The van der Waals surface area contributed by atoms with Crippen molar-refractivity contribution in [3.05, 3.63) is 115 Å². The lowest BCUT2D eigenvalue weighted by molar-refractivity contribution is -0.0685. The molecule has 0 saturated carbocycles. The summed E-state index contributed by atoms with van der Waals surface area (Å²) in [6.07, 6.45) is 6.87. The van der Waals surface area contributed by atoms with E-state index in [9.17, 15) is 0 Å². The van der Waals surface area contributed by atoms with Gasteiger partial charge in [-0.1, -0.05) is 78.9 Å². The minimum Gasteiger partial charge on any atom is -0.448 e. The Kier molecular flexibility index (Phi) is 4.57. The Balaban J connectivity index is 1.62. The van der Waals surface area contributed by atoms with E-state index >= 15 is 0 Å². The average molecular weight is 340 g/mol. The van der Waals surface area contributed by atoms with Gasteiger partial charge in [0.2, 0.25) is 0 Å². The molecule has 1 aliphatic carbocycles. The number of allylic oxidation sites excluding steroid dienone is 2. The molecule has 0 N–H and O–H groups in total. The number of benzene rings is 3. The first-order valence-corrected chi connectivity index (χ1v) is 8.76. The van der Waals surface area contributed by atoms with E-state index in [4.69, 9.17) is 9.47 Å². The van der Waals surface area contributed by atoms with Crippen molar-refractivity contribution in [1.82, 2.24) is 0 Å². The lowest BCUT2D eigenvalue weighted by Crippen LogP contribution is -2.41. The van der Waals surface area contributed by atoms with Crippen LogP contribution in [0, 0.1) is 0 Å². The Morgan fingerprint density at radius 1 is 0.615 bits per heavy atom. The van der Waals surface area contributed by atoms with Crippen molar-refractivity contribution in [2.75, 3.05) is 0 Å². The van der Waals surface area contributed by atoms with Crippen molar-refractivity contribution < 1.29 is 9.47 Å². The molecule has 4 rings (SSSR count). The highest BCUT2D eigenvalue weighted by atomic mass is 16.7. The zero-order valence-corrected chi connectivity index (χ0v) is 14.4. The van der Waals surface area contributed by atoms with Crippen LogP contribution in [0.15, 0.2) is 109 Å². The Hall–Kier alpha value is -3.26. The van der Waals surface area contributed by atoms with Crippen LogP contribution in [0.5, 0.6) is 11.5 Å². The van der Waals surface area contributed by atoms with Gasteiger partial charge in [0.15, 0.2) is 0 Å². The number of para-hydroxylation sites is 2. The van der Waals surface area contributed by atoms with Gasteiger partial charge >= 0.3 is 0 Å². The largest absolute Gasteiger partial charge is 0.448 e. The molecule has 0 unspecified atom stereocenters. The molecule has 128 valence electrons. The second kappa shape index (κ2) is 7.32. The average Bonchev–Trinajstić information content (AvgIpc) is 2.71. The number of hydrogen-bond donors (Lipinski definition) is 0. The highest BCUT2D eigenvalue weighted by molar-refractivity contribution is 5.75. The van der Waals surface area contributed by atoms with Crippen LogP contribution in [-0.2, 0) is 0 Å². The quantitative estimate of drug-likeness (QED) is 0.540. The van der Waals surface area contributed by atoms with Crippen LogP contribution in [0.2, 0.25) is 0 Å². The Labute approximate surface area is 154 Å². The fourth-order valence-corrected chi connectivity index (χ4v) is 3.00. The second-order valence-electron chi connectivity index (χ2n) is 6.21. The lowest BCUT2D eigenvalue weighted by Gasteiger charge is -2.33. The van der Waals surface area contributed by atoms with Gasteiger partial charge in [0.25, 0.3) is 5.79 Å². The van der Waals surface area contributed by atoms with Crippen LogP contribution >= 0.6 is 0 Å². The Morgan fingerprint density at radius 3 is 1.58 bits per heavy atom. The van der Waals surface area contributed by atoms with Crippen LogP contribution in [0.4, 0.5) is 0 Å². The normalized spacial score (nSPS) is 15.2. The Bertz CT molecular complexity index is 855. The summed E-state index contributed by atoms with van der Waals surface area (Å²) in [6.45, 7) is 0. The molecule has 0 amide bonds. The summed E-state index contributed by atoms with van der Waals surface area (Å²) in [5, 5.41) is 0. The highest BCUT2D eigenvalue weighted by Crippen LogP contribution is 2.33. The fourth-order valence-electron chi connectivity index (χ4n) is 3.00. The molecular formula is C24H20O2. The summed E-state index contributed by atoms with van der Waals surface area (Å²) < 4.78 is 12.6. The molecule has 0 bridgehead atoms. The summed E-state index contributed by atoms with van der Waals surface area (Å²) in [6, 6.07) is 29.9. The van der Waals surface area contributed by atoms with E-state index in [0.717, 1.165) is 11.5 Å². The molecule has 3 aromatic rings. The minimum atomic E-state index is -0.860. The van der Waals surface area contributed by atoms with Crippen LogP contribution in [0.3, 0.4) is 0 Å². The van der Waals surface area contributed by atoms with Gasteiger partial charge in [0, 0.05) is 12.5 Å². The van der Waals surface area contributed by atoms with E-state index in [1.165, 1.54) is 11.1 Å². The van der Waals surface area contributed by atoms with Crippen LogP contribution in [-0.4, -0.2) is 5.79 Å². The van der Waals surface area contributed by atoms with Gasteiger partial charge in [-0.3, -0.25) is 0 Å². The van der Waals surface area contributed by atoms with Crippen LogP contribution in [0.25, 0.3) is 5.57 Å². The first-order valence-electron chi connectivity index (χ1n) is 8.76. The lowest BCUT2D eigenvalue weighted by atomic mass is 9.96. The smallest absolute Gasteiger partial charge is 0.274 e. The molecule has 2 heteroatoms. The maximum absolute atomic E-state index is 6.28. The molecule has 0 radical (unpaired) electrons. The monoisotopic (exact) mass is 340 g/mol. The predicted molar refractivity (Wildman–Crippen MR) is 105 cm³/mol. The van der Waals surface area contributed by atoms with E-state index in [-0.39, 0.29) is 0 Å². The van der Waals surface area contributed by atoms with Gasteiger partial charge in [0.1, 0.15) is 11.5 Å². The van der Waals surface area contributed by atoms with Crippen LogP contribution < -0.4 is 9.47 Å². The first kappa shape index (κ1) is 16.2. The minimum absolute atomic E-state index is 0.623. The summed E-state index contributed by atoms with van der Waals surface area (Å²) in [7, 11) is 0. The van der Waals surface area contributed by atoms with E-state index in [1.807, 2.05) is 84.9 Å². The van der Waals surface area contributed by atoms with E-state index in [1.54, 1.807) is 0 Å². The molecule has 0 heterocycles. The van der Waals surface area contributed by atoms with Crippen molar-refractivity contribution in [3.8, 4) is 11.5 Å². The summed E-state index contributed by atoms with van der Waals surface area (Å²) in [4.78, 5) is 0. The van der Waals surface area contributed by atoms with E-state index < -0.39 is 5.79 Å². The molecule has 0 aromatic heterocycles. The standard InChI is InChI=1S/C24H20O2/c1-4-10-20(11-5-1)21-16-18-24(19-17-21,25-22-12-6-2-7-13-22)26-23-14-8-3-9-15-23/h1-18H,19H2. The molecule has 0 aliphatic heterocycles. The third-order valence-electron chi connectivity index (χ3n) is 4.30. The van der Waals surface area contributed by atoms with Gasteiger partial charge in [-0.2, -0.15) is 0 Å². The zero-order chi connectivity index (χ0) is 17.7. The number of ether oxygens (including phenoxy) is 2. The van der Waals surface area contributed by atoms with Gasteiger partial charge in [-0.15, -0.1) is 0 Å². The van der Waals surface area contributed by atoms with Crippen molar-refractivity contribution in [1.29, 1.82) is 0 Å². The molecule has 26 heavy (non-hydrogen) atoms. The van der Waals surface area contributed by atoms with Crippen molar-refractivity contribution in [2.45, 2.75) is 12.2 Å². The van der Waals surface area contributed by atoms with Gasteiger partial charge < -0.3 is 9.47 Å². The SMILES string of the molecule is C1=CC(Oc2ccccc2)(Oc2ccccc2)CC=C1c1ccccc1. The molecule has 1 aliphatic rings. The second-order valence-corrected chi connectivity index (χ2v) is 6.21. The maximum Gasteiger partial charge on any atom is 0.274 e. The van der Waals surface area contributed by atoms with E-state index in [2.05, 4.69) is 24.3 Å². The molecular weight excluding hydrogens is 320 g/mol. The first-order chi connectivity index (χ1) is 12.8. The molecule has 3 aromatic carbocycles. The third kappa shape index (κ3) is 3.70. The molecule has 0 fully saturated rings.